The standard InChI is InChI=1S/C16H22N4O3.C5H12O/c1-11(2)18-16(23)14-5-3-4-13(19-14)15(22)17-8-12-6-7-20(9-12)10-21;1-5(2,3)6-4/h3-5,10-12H,6-9H2,1-2H3,(H,17,22)(H,18,23);1-4H3. The molecule has 2 N–H and O–H groups in total. The van der Waals surface area contributed by atoms with Crippen LogP contribution in [0.15, 0.2) is 18.2 Å². The molecule has 0 aliphatic carbocycles. The molecule has 1 saturated heterocycles. The van der Waals surface area contributed by atoms with E-state index in [1.54, 1.807) is 30.2 Å². The minimum absolute atomic E-state index is 0.00455. The molecule has 1 aromatic rings. The SMILES string of the molecule is CC(C)NC(=O)c1cccc(C(=O)NCC2CCN(C=O)C2)n1.COC(C)(C)C. The molecule has 2 rings (SSSR count). The van der Waals surface area contributed by atoms with Crippen LogP contribution >= 0.6 is 0 Å². The molecular formula is C21H34N4O4. The number of carbonyl (C=O) groups is 3. The summed E-state index contributed by atoms with van der Waals surface area (Å²) in [7, 11) is 1.71. The highest BCUT2D eigenvalue weighted by Crippen LogP contribution is 2.13. The number of methoxy groups -OCH3 is 1. The summed E-state index contributed by atoms with van der Waals surface area (Å²) in [6.45, 7) is 11.7. The number of aromatic nitrogens is 1. The maximum Gasteiger partial charge on any atom is 0.270 e. The van der Waals surface area contributed by atoms with E-state index in [0.717, 1.165) is 19.4 Å². The van der Waals surface area contributed by atoms with Crippen LogP contribution in [0.2, 0.25) is 0 Å². The smallest absolute Gasteiger partial charge is 0.270 e. The van der Waals surface area contributed by atoms with Crippen LogP contribution in [0.3, 0.4) is 0 Å². The minimum Gasteiger partial charge on any atom is -0.379 e. The Morgan fingerprint density at radius 3 is 2.34 bits per heavy atom. The number of nitrogens with one attached hydrogen (secondary N) is 2. The second-order valence-electron chi connectivity index (χ2n) is 8.32. The number of nitrogens with zero attached hydrogens (tertiary/aromatic N) is 2. The normalized spacial score (nSPS) is 16.1. The van der Waals surface area contributed by atoms with Gasteiger partial charge in [-0.25, -0.2) is 4.98 Å². The molecular weight excluding hydrogens is 372 g/mol. The first-order valence-corrected chi connectivity index (χ1v) is 9.86. The third kappa shape index (κ3) is 9.51. The lowest BCUT2D eigenvalue weighted by atomic mass is 10.1. The highest BCUT2D eigenvalue weighted by atomic mass is 16.5. The Bertz CT molecular complexity index is 686. The summed E-state index contributed by atoms with van der Waals surface area (Å²) < 4.78 is 4.94. The van der Waals surface area contributed by atoms with E-state index in [-0.39, 0.29) is 40.8 Å². The van der Waals surface area contributed by atoms with Gasteiger partial charge in [0.05, 0.1) is 5.60 Å². The molecule has 0 radical (unpaired) electrons. The Morgan fingerprint density at radius 1 is 1.28 bits per heavy atom. The summed E-state index contributed by atoms with van der Waals surface area (Å²) in [4.78, 5) is 40.6. The fourth-order valence-corrected chi connectivity index (χ4v) is 2.48. The molecule has 1 fully saturated rings. The fourth-order valence-electron chi connectivity index (χ4n) is 2.48. The van der Waals surface area contributed by atoms with E-state index in [1.807, 2.05) is 34.6 Å². The second-order valence-corrected chi connectivity index (χ2v) is 8.32. The molecule has 0 spiro atoms. The van der Waals surface area contributed by atoms with E-state index in [0.29, 0.717) is 13.1 Å². The summed E-state index contributed by atoms with van der Waals surface area (Å²) in [5, 5.41) is 5.56. The Hall–Kier alpha value is -2.48. The predicted molar refractivity (Wildman–Crippen MR) is 112 cm³/mol. The monoisotopic (exact) mass is 406 g/mol. The third-order valence-corrected chi connectivity index (χ3v) is 4.26. The molecule has 1 aromatic heterocycles. The van der Waals surface area contributed by atoms with E-state index in [9.17, 15) is 14.4 Å². The number of pyridine rings is 1. The molecule has 0 aromatic carbocycles. The van der Waals surface area contributed by atoms with Gasteiger partial charge < -0.3 is 20.3 Å². The van der Waals surface area contributed by atoms with E-state index >= 15 is 0 Å². The first-order valence-electron chi connectivity index (χ1n) is 9.86. The van der Waals surface area contributed by atoms with Crippen LogP contribution in [0.5, 0.6) is 0 Å². The summed E-state index contributed by atoms with van der Waals surface area (Å²) >= 11 is 0. The topological polar surface area (TPSA) is 101 Å². The maximum absolute atomic E-state index is 12.2. The number of ether oxygens (including phenoxy) is 1. The summed E-state index contributed by atoms with van der Waals surface area (Å²) in [5.74, 6) is -0.350. The molecule has 0 saturated carbocycles. The number of amides is 3. The van der Waals surface area contributed by atoms with Crippen molar-refractivity contribution in [1.29, 1.82) is 0 Å². The lowest BCUT2D eigenvalue weighted by molar-refractivity contribution is -0.117. The fraction of sp³-hybridized carbons (Fsp3) is 0.619. The minimum atomic E-state index is -0.311. The van der Waals surface area contributed by atoms with Crippen LogP contribution < -0.4 is 10.6 Å². The van der Waals surface area contributed by atoms with Gasteiger partial charge in [-0.1, -0.05) is 6.07 Å². The first kappa shape index (κ1) is 24.6. The van der Waals surface area contributed by atoms with Gasteiger partial charge in [-0.2, -0.15) is 0 Å². The molecule has 162 valence electrons. The quantitative estimate of drug-likeness (QED) is 0.703. The molecule has 1 aliphatic rings. The Balaban J connectivity index is 0.000000612. The van der Waals surface area contributed by atoms with Gasteiger partial charge in [0.15, 0.2) is 0 Å². The highest BCUT2D eigenvalue weighted by molar-refractivity contribution is 5.96. The van der Waals surface area contributed by atoms with Crippen molar-refractivity contribution in [1.82, 2.24) is 20.5 Å². The van der Waals surface area contributed by atoms with Crippen molar-refractivity contribution in [3.05, 3.63) is 29.6 Å². The molecule has 0 bridgehead atoms. The number of rotatable bonds is 6. The van der Waals surface area contributed by atoms with Gasteiger partial charge in [0.25, 0.3) is 11.8 Å². The predicted octanol–water partition coefficient (Wildman–Crippen LogP) is 1.86. The number of likely N-dealkylation sites (tertiary alicyclic amines) is 1. The molecule has 1 unspecified atom stereocenters. The van der Waals surface area contributed by atoms with Crippen LogP contribution in [0, 0.1) is 5.92 Å². The zero-order chi connectivity index (χ0) is 22.0. The van der Waals surface area contributed by atoms with Crippen LogP contribution in [-0.2, 0) is 9.53 Å². The number of hydrogen-bond donors (Lipinski definition) is 2. The average Bonchev–Trinajstić information content (AvgIpc) is 3.13. The Labute approximate surface area is 173 Å². The maximum atomic E-state index is 12.2. The van der Waals surface area contributed by atoms with Gasteiger partial charge >= 0.3 is 0 Å². The molecule has 8 nitrogen and oxygen atoms in total. The van der Waals surface area contributed by atoms with Crippen molar-refractivity contribution in [2.24, 2.45) is 5.92 Å². The zero-order valence-corrected chi connectivity index (χ0v) is 18.3. The van der Waals surface area contributed by atoms with Crippen molar-refractivity contribution in [3.63, 3.8) is 0 Å². The summed E-state index contributed by atoms with van der Waals surface area (Å²) in [6.07, 6.45) is 1.71. The van der Waals surface area contributed by atoms with Gasteiger partial charge in [-0.05, 0) is 59.1 Å². The highest BCUT2D eigenvalue weighted by Gasteiger charge is 2.22. The van der Waals surface area contributed by atoms with Gasteiger partial charge in [0.2, 0.25) is 6.41 Å². The van der Waals surface area contributed by atoms with E-state index in [2.05, 4.69) is 15.6 Å². The van der Waals surface area contributed by atoms with E-state index < -0.39 is 0 Å². The van der Waals surface area contributed by atoms with Crippen LogP contribution in [0.1, 0.15) is 62.0 Å². The van der Waals surface area contributed by atoms with E-state index in [4.69, 9.17) is 4.74 Å². The summed E-state index contributed by atoms with van der Waals surface area (Å²) in [5.41, 5.74) is 0.478. The van der Waals surface area contributed by atoms with Gasteiger partial charge in [0.1, 0.15) is 11.4 Å². The molecule has 3 amide bonds. The zero-order valence-electron chi connectivity index (χ0n) is 18.3. The van der Waals surface area contributed by atoms with Crippen molar-refractivity contribution >= 4 is 18.2 Å². The molecule has 2 heterocycles. The van der Waals surface area contributed by atoms with Crippen LogP contribution in [0.4, 0.5) is 0 Å². The molecule has 1 atom stereocenters. The van der Waals surface area contributed by atoms with Crippen LogP contribution in [0.25, 0.3) is 0 Å². The van der Waals surface area contributed by atoms with Crippen molar-refractivity contribution in [2.45, 2.75) is 52.7 Å². The van der Waals surface area contributed by atoms with Gasteiger partial charge in [0, 0.05) is 32.8 Å². The molecule has 29 heavy (non-hydrogen) atoms. The Kier molecular flexibility index (Phi) is 9.74. The van der Waals surface area contributed by atoms with Crippen LogP contribution in [-0.4, -0.2) is 66.5 Å². The lowest BCUT2D eigenvalue weighted by Crippen LogP contribution is -2.33. The third-order valence-electron chi connectivity index (χ3n) is 4.26. The average molecular weight is 407 g/mol. The number of hydrogen-bond acceptors (Lipinski definition) is 5. The second kappa shape index (κ2) is 11.5. The number of carbonyl (C=O) groups excluding carboxylic acids is 3. The lowest BCUT2D eigenvalue weighted by Gasteiger charge is -2.14. The summed E-state index contributed by atoms with van der Waals surface area (Å²) in [6, 6.07) is 4.80. The largest absolute Gasteiger partial charge is 0.379 e. The molecule has 1 aliphatic heterocycles. The van der Waals surface area contributed by atoms with Crippen molar-refractivity contribution in [2.75, 3.05) is 26.7 Å². The molecule has 8 heteroatoms. The van der Waals surface area contributed by atoms with Gasteiger partial charge in [-0.3, -0.25) is 14.4 Å². The Morgan fingerprint density at radius 2 is 1.86 bits per heavy atom. The first-order chi connectivity index (χ1) is 13.6. The van der Waals surface area contributed by atoms with Crippen molar-refractivity contribution in [3.8, 4) is 0 Å². The van der Waals surface area contributed by atoms with Gasteiger partial charge in [-0.15, -0.1) is 0 Å². The van der Waals surface area contributed by atoms with E-state index in [1.165, 1.54) is 0 Å². The van der Waals surface area contributed by atoms with Crippen molar-refractivity contribution < 1.29 is 19.1 Å².